The van der Waals surface area contributed by atoms with E-state index < -0.39 is 23.0 Å². The van der Waals surface area contributed by atoms with Crippen molar-refractivity contribution >= 4 is 75.2 Å². The normalized spacial score (nSPS) is 13.4. The molecule has 54 heavy (non-hydrogen) atoms. The van der Waals surface area contributed by atoms with Gasteiger partial charge in [-0.25, -0.2) is 4.79 Å². The van der Waals surface area contributed by atoms with Crippen LogP contribution in [-0.2, 0) is 33.8 Å². The number of anilines is 2. The number of halogens is 1. The molecule has 1 unspecified atom stereocenters. The number of hydrogen-bond acceptors (Lipinski definition) is 8. The number of thiophene rings is 1. The van der Waals surface area contributed by atoms with Gasteiger partial charge in [0.15, 0.2) is 0 Å². The van der Waals surface area contributed by atoms with E-state index in [0.717, 1.165) is 28.4 Å². The van der Waals surface area contributed by atoms with E-state index in [1.165, 1.54) is 28.7 Å². The smallest absolute Gasteiger partial charge is 0.341 e. The number of thioether (sulfide) groups is 1. The van der Waals surface area contributed by atoms with Gasteiger partial charge >= 0.3 is 5.97 Å². The van der Waals surface area contributed by atoms with E-state index in [4.69, 9.17) is 16.3 Å². The summed E-state index contributed by atoms with van der Waals surface area (Å²) >= 11 is 8.80. The van der Waals surface area contributed by atoms with Crippen molar-refractivity contribution in [3.05, 3.63) is 153 Å². The summed E-state index contributed by atoms with van der Waals surface area (Å²) in [5.74, 6) is -1.67. The molecule has 1 aliphatic rings. The van der Waals surface area contributed by atoms with Crippen LogP contribution in [0.4, 0.5) is 10.7 Å². The molecule has 4 aromatic carbocycles. The summed E-state index contributed by atoms with van der Waals surface area (Å²) in [5.41, 5.74) is 4.18. The van der Waals surface area contributed by atoms with Gasteiger partial charge in [0.05, 0.1) is 17.4 Å². The maximum atomic E-state index is 13.6. The van der Waals surface area contributed by atoms with Crippen molar-refractivity contribution in [1.29, 1.82) is 0 Å². The molecule has 5 aromatic rings. The monoisotopic (exact) mass is 778 g/mol. The van der Waals surface area contributed by atoms with Crippen molar-refractivity contribution in [3.8, 4) is 0 Å². The lowest BCUT2D eigenvalue weighted by Crippen LogP contribution is -2.30. The Kier molecular flexibility index (Phi) is 13.0. The van der Waals surface area contributed by atoms with Crippen LogP contribution in [0.3, 0.4) is 0 Å². The number of hydrogen-bond donors (Lipinski definition) is 3. The van der Waals surface area contributed by atoms with Crippen LogP contribution in [0.5, 0.6) is 0 Å². The number of esters is 1. The molecule has 3 N–H and O–H groups in total. The Bertz CT molecular complexity index is 2160. The van der Waals surface area contributed by atoms with E-state index in [-0.39, 0.29) is 18.2 Å². The van der Waals surface area contributed by atoms with Crippen LogP contribution in [0.25, 0.3) is 6.08 Å². The van der Waals surface area contributed by atoms with Gasteiger partial charge in [-0.1, -0.05) is 78.3 Å². The number of ether oxygens (including phenoxy) is 1. The highest BCUT2D eigenvalue weighted by atomic mass is 35.5. The third-order valence-corrected chi connectivity index (χ3v) is 11.1. The van der Waals surface area contributed by atoms with E-state index in [9.17, 15) is 19.2 Å². The molecular formula is C42H39ClN4O5S2. The van der Waals surface area contributed by atoms with Gasteiger partial charge in [-0.15, -0.1) is 23.1 Å². The summed E-state index contributed by atoms with van der Waals surface area (Å²) < 4.78 is 5.43. The predicted octanol–water partition coefficient (Wildman–Crippen LogP) is 8.67. The molecule has 12 heteroatoms. The lowest BCUT2D eigenvalue weighted by molar-refractivity contribution is -0.115. The highest BCUT2D eigenvalue weighted by Crippen LogP contribution is 2.39. The van der Waals surface area contributed by atoms with Gasteiger partial charge in [0.25, 0.3) is 11.8 Å². The van der Waals surface area contributed by atoms with Crippen LogP contribution in [0, 0.1) is 0 Å². The van der Waals surface area contributed by atoms with Crippen LogP contribution < -0.4 is 16.0 Å². The van der Waals surface area contributed by atoms with Gasteiger partial charge in [0.1, 0.15) is 10.7 Å². The van der Waals surface area contributed by atoms with Crippen molar-refractivity contribution in [2.45, 2.75) is 43.5 Å². The molecule has 0 aliphatic carbocycles. The van der Waals surface area contributed by atoms with Gasteiger partial charge in [0, 0.05) is 45.7 Å². The van der Waals surface area contributed by atoms with Gasteiger partial charge in [0.2, 0.25) is 5.91 Å². The van der Waals surface area contributed by atoms with Crippen molar-refractivity contribution in [3.63, 3.8) is 0 Å². The predicted molar refractivity (Wildman–Crippen MR) is 217 cm³/mol. The second kappa shape index (κ2) is 18.2. The Morgan fingerprint density at radius 3 is 2.37 bits per heavy atom. The maximum Gasteiger partial charge on any atom is 0.341 e. The Morgan fingerprint density at radius 1 is 0.926 bits per heavy atom. The average molecular weight is 779 g/mol. The van der Waals surface area contributed by atoms with Crippen molar-refractivity contribution in [2.24, 2.45) is 0 Å². The third kappa shape index (κ3) is 10.1. The van der Waals surface area contributed by atoms with Crippen LogP contribution in [0.1, 0.15) is 56.1 Å². The van der Waals surface area contributed by atoms with Crippen LogP contribution >= 0.6 is 34.7 Å². The number of carbonyl (C=O) groups is 4. The molecule has 1 aliphatic heterocycles. The van der Waals surface area contributed by atoms with Crippen molar-refractivity contribution in [2.75, 3.05) is 23.8 Å². The molecule has 3 amide bonds. The zero-order valence-corrected chi connectivity index (χ0v) is 32.2. The second-order valence-corrected chi connectivity index (χ2v) is 15.5. The molecule has 0 saturated heterocycles. The molecular weight excluding hydrogens is 740 g/mol. The first-order valence-electron chi connectivity index (χ1n) is 17.5. The Labute approximate surface area is 327 Å². The second-order valence-electron chi connectivity index (χ2n) is 12.5. The number of nitrogens with one attached hydrogen (secondary N) is 3. The molecule has 276 valence electrons. The number of rotatable bonds is 13. The first-order valence-corrected chi connectivity index (χ1v) is 19.5. The number of amides is 3. The summed E-state index contributed by atoms with van der Waals surface area (Å²) in [6.45, 7) is 6.04. The number of carbonyl (C=O) groups excluding carboxylic acids is 4. The first kappa shape index (κ1) is 38.5. The fourth-order valence-electron chi connectivity index (χ4n) is 5.93. The van der Waals surface area contributed by atoms with Crippen molar-refractivity contribution < 1.29 is 23.9 Å². The molecule has 2 heterocycles. The molecule has 1 aromatic heterocycles. The van der Waals surface area contributed by atoms with Gasteiger partial charge in [-0.3, -0.25) is 19.3 Å². The largest absolute Gasteiger partial charge is 0.462 e. The van der Waals surface area contributed by atoms with Crippen LogP contribution in [0.15, 0.2) is 120 Å². The summed E-state index contributed by atoms with van der Waals surface area (Å²) in [4.78, 5) is 57.6. The Morgan fingerprint density at radius 2 is 1.65 bits per heavy atom. The summed E-state index contributed by atoms with van der Waals surface area (Å²) in [6, 6.07) is 32.9. The van der Waals surface area contributed by atoms with Gasteiger partial charge in [-0.2, -0.15) is 0 Å². The zero-order chi connectivity index (χ0) is 38.0. The van der Waals surface area contributed by atoms with E-state index in [2.05, 4.69) is 33.0 Å². The molecule has 0 saturated carbocycles. The summed E-state index contributed by atoms with van der Waals surface area (Å²) in [6.07, 6.45) is 2.25. The third-order valence-electron chi connectivity index (χ3n) is 8.59. The van der Waals surface area contributed by atoms with E-state index in [0.29, 0.717) is 45.4 Å². The summed E-state index contributed by atoms with van der Waals surface area (Å²) in [7, 11) is 0. The van der Waals surface area contributed by atoms with Gasteiger partial charge in [-0.05, 0) is 85.5 Å². The quantitative estimate of drug-likeness (QED) is 0.0623. The number of benzene rings is 4. The Balaban J connectivity index is 1.14. The average Bonchev–Trinajstić information content (AvgIpc) is 3.53. The SMILES string of the molecule is CCOC(=O)c1c(NC(=O)C(C)Sc2cccc(NC(=O)/C(=C/c3ccc(Cl)cc3)NC(=O)c3ccccc3)c2)sc2c1CCN(Cc1ccccc1)C2. The first-order chi connectivity index (χ1) is 26.2. The minimum absolute atomic E-state index is 0.0382. The van der Waals surface area contributed by atoms with Crippen molar-refractivity contribution in [1.82, 2.24) is 10.2 Å². The lowest BCUT2D eigenvalue weighted by Gasteiger charge is -2.27. The molecule has 1 atom stereocenters. The maximum absolute atomic E-state index is 13.6. The minimum Gasteiger partial charge on any atom is -0.462 e. The Hall–Kier alpha value is -5.20. The van der Waals surface area contributed by atoms with Gasteiger partial charge < -0.3 is 20.7 Å². The molecule has 0 spiro atoms. The molecule has 0 radical (unpaired) electrons. The molecule has 0 bridgehead atoms. The van der Waals surface area contributed by atoms with Crippen LogP contribution in [0.2, 0.25) is 5.02 Å². The van der Waals surface area contributed by atoms with E-state index in [1.807, 2.05) is 24.3 Å². The fourth-order valence-corrected chi connectivity index (χ4v) is 8.26. The highest BCUT2D eigenvalue weighted by Gasteiger charge is 2.30. The zero-order valence-electron chi connectivity index (χ0n) is 29.8. The number of nitrogens with zero attached hydrogens (tertiary/aromatic N) is 1. The number of fused-ring (bicyclic) bond motifs is 1. The summed E-state index contributed by atoms with van der Waals surface area (Å²) in [5, 5.41) is 9.13. The fraction of sp³-hybridized carbons (Fsp3) is 0.190. The molecule has 9 nitrogen and oxygen atoms in total. The van der Waals surface area contributed by atoms with Crippen LogP contribution in [-0.4, -0.2) is 47.0 Å². The molecule has 6 rings (SSSR count). The standard InChI is InChI=1S/C42H39ClN4O5S2/c1-3-52-42(51)37-34-21-22-47(25-29-11-6-4-7-12-29)26-36(34)54-41(37)46-38(48)27(2)53-33-16-10-15-32(24-33)44-40(50)35(23-28-17-19-31(43)20-18-28)45-39(49)30-13-8-5-9-14-30/h4-20,23-24,27H,3,21-22,25-26H2,1-2H3,(H,44,50)(H,45,49)(H,46,48)/b35-23-. The minimum atomic E-state index is -0.551. The van der Waals surface area contributed by atoms with E-state index in [1.54, 1.807) is 92.7 Å². The highest BCUT2D eigenvalue weighted by molar-refractivity contribution is 8.00. The lowest BCUT2D eigenvalue weighted by atomic mass is 10.0. The molecule has 0 fully saturated rings. The van der Waals surface area contributed by atoms with E-state index >= 15 is 0 Å². The topological polar surface area (TPSA) is 117 Å².